The van der Waals surface area contributed by atoms with Crippen molar-refractivity contribution in [3.05, 3.63) is 35.7 Å². The van der Waals surface area contributed by atoms with E-state index in [0.717, 1.165) is 0 Å². The summed E-state index contributed by atoms with van der Waals surface area (Å²) in [5.74, 6) is 0.124. The van der Waals surface area contributed by atoms with E-state index in [0.29, 0.717) is 41.7 Å². The van der Waals surface area contributed by atoms with Crippen LogP contribution in [-0.4, -0.2) is 50.2 Å². The van der Waals surface area contributed by atoms with E-state index >= 15 is 0 Å². The van der Waals surface area contributed by atoms with Crippen molar-refractivity contribution in [1.82, 2.24) is 9.88 Å². The molecule has 1 aromatic heterocycles. The normalized spacial score (nSPS) is 11.4. The fraction of sp³-hybridized carbons (Fsp3) is 0.444. The summed E-state index contributed by atoms with van der Waals surface area (Å²) in [5.41, 5.74) is 1.01. The van der Waals surface area contributed by atoms with E-state index in [4.69, 9.17) is 9.15 Å². The van der Waals surface area contributed by atoms with Crippen molar-refractivity contribution in [1.29, 1.82) is 0 Å². The van der Waals surface area contributed by atoms with Crippen LogP contribution in [-0.2, 0) is 20.4 Å². The Hall–Kier alpha value is -2.35. The van der Waals surface area contributed by atoms with Gasteiger partial charge in [-0.15, -0.1) is 0 Å². The van der Waals surface area contributed by atoms with Crippen LogP contribution in [0, 0.1) is 6.92 Å². The highest BCUT2D eigenvalue weighted by atomic mass is 32.2. The second-order valence-corrected chi connectivity index (χ2v) is 7.92. The lowest BCUT2D eigenvalue weighted by Gasteiger charge is -2.18. The van der Waals surface area contributed by atoms with Crippen LogP contribution in [0.2, 0.25) is 0 Å². The molecule has 0 aliphatic rings. The van der Waals surface area contributed by atoms with Crippen molar-refractivity contribution in [2.45, 2.75) is 26.5 Å². The molecule has 0 bridgehead atoms. The lowest BCUT2D eigenvalue weighted by Crippen LogP contribution is -2.35. The van der Waals surface area contributed by atoms with Crippen molar-refractivity contribution in [3.63, 3.8) is 0 Å². The van der Waals surface area contributed by atoms with Crippen LogP contribution in [0.25, 0.3) is 11.5 Å². The first-order chi connectivity index (χ1) is 12.3. The van der Waals surface area contributed by atoms with Crippen molar-refractivity contribution < 1.29 is 22.4 Å². The van der Waals surface area contributed by atoms with Gasteiger partial charge in [0.15, 0.2) is 9.84 Å². The van der Waals surface area contributed by atoms with Crippen LogP contribution in [0.15, 0.2) is 28.7 Å². The fourth-order valence-corrected chi connectivity index (χ4v) is 3.90. The van der Waals surface area contributed by atoms with E-state index in [1.54, 1.807) is 38.3 Å². The molecule has 0 spiro atoms. The van der Waals surface area contributed by atoms with E-state index < -0.39 is 21.5 Å². The van der Waals surface area contributed by atoms with E-state index in [2.05, 4.69) is 4.98 Å². The number of methoxy groups -OCH3 is 1. The molecule has 2 aromatic rings. The second-order valence-electron chi connectivity index (χ2n) is 5.85. The third kappa shape index (κ3) is 4.85. The molecule has 0 saturated carbocycles. The van der Waals surface area contributed by atoms with Crippen molar-refractivity contribution in [2.24, 2.45) is 0 Å². The van der Waals surface area contributed by atoms with Crippen LogP contribution in [0.3, 0.4) is 0 Å². The van der Waals surface area contributed by atoms with Crippen LogP contribution >= 0.6 is 0 Å². The van der Waals surface area contributed by atoms with Crippen molar-refractivity contribution in [3.8, 4) is 17.2 Å². The highest BCUT2D eigenvalue weighted by molar-refractivity contribution is 7.91. The summed E-state index contributed by atoms with van der Waals surface area (Å²) in [6.45, 7) is 6.25. The largest absolute Gasteiger partial charge is 0.497 e. The Morgan fingerprint density at radius 1 is 1.27 bits per heavy atom. The number of ether oxygens (including phenoxy) is 1. The van der Waals surface area contributed by atoms with E-state index in [9.17, 15) is 13.2 Å². The molecular weight excluding hydrogens is 356 g/mol. The van der Waals surface area contributed by atoms with Gasteiger partial charge in [0.1, 0.15) is 17.3 Å². The molecular formula is C18H24N2O5S. The lowest BCUT2D eigenvalue weighted by molar-refractivity contribution is -0.128. The van der Waals surface area contributed by atoms with Gasteiger partial charge in [-0.3, -0.25) is 4.79 Å². The monoisotopic (exact) mass is 380 g/mol. The zero-order chi connectivity index (χ0) is 19.3. The Balaban J connectivity index is 2.19. The summed E-state index contributed by atoms with van der Waals surface area (Å²) in [6.07, 6.45) is 0. The molecule has 0 aliphatic heterocycles. The predicted octanol–water partition coefficient (Wildman–Crippen LogP) is 2.44. The minimum Gasteiger partial charge on any atom is -0.497 e. The quantitative estimate of drug-likeness (QED) is 0.699. The average molecular weight is 380 g/mol. The summed E-state index contributed by atoms with van der Waals surface area (Å²) < 4.78 is 35.6. The number of carbonyl (C=O) groups is 1. The topological polar surface area (TPSA) is 89.7 Å². The number of hydrogen-bond acceptors (Lipinski definition) is 6. The molecule has 0 aliphatic carbocycles. The Morgan fingerprint density at radius 3 is 2.58 bits per heavy atom. The molecule has 0 saturated heterocycles. The molecule has 0 radical (unpaired) electrons. The van der Waals surface area contributed by atoms with Crippen molar-refractivity contribution in [2.75, 3.05) is 26.0 Å². The summed E-state index contributed by atoms with van der Waals surface area (Å²) in [6, 6.07) is 7.15. The molecule has 26 heavy (non-hydrogen) atoms. The van der Waals surface area contributed by atoms with Crippen LogP contribution in [0.4, 0.5) is 0 Å². The molecule has 2 rings (SSSR count). The minimum absolute atomic E-state index is 0.315. The molecule has 1 amide bonds. The number of aromatic nitrogens is 1. The third-order valence-electron chi connectivity index (χ3n) is 4.03. The Labute approximate surface area is 153 Å². The maximum atomic E-state index is 12.4. The van der Waals surface area contributed by atoms with Gasteiger partial charge in [-0.2, -0.15) is 0 Å². The molecule has 142 valence electrons. The molecule has 1 heterocycles. The Bertz CT molecular complexity index is 869. The highest BCUT2D eigenvalue weighted by Gasteiger charge is 2.24. The summed E-state index contributed by atoms with van der Waals surface area (Å²) >= 11 is 0. The molecule has 0 fully saturated rings. The summed E-state index contributed by atoms with van der Waals surface area (Å²) in [5, 5.41) is 0. The molecule has 8 heteroatoms. The SMILES string of the molecule is CCN(CC)C(=O)CS(=O)(=O)Cc1nc(-c2cccc(OC)c2)oc1C. The first-order valence-electron chi connectivity index (χ1n) is 8.38. The van der Waals surface area contributed by atoms with Gasteiger partial charge in [0.05, 0.1) is 18.6 Å². The van der Waals surface area contributed by atoms with Gasteiger partial charge < -0.3 is 14.1 Å². The number of oxazole rings is 1. The number of hydrogen-bond donors (Lipinski definition) is 0. The Morgan fingerprint density at radius 2 is 1.96 bits per heavy atom. The first-order valence-corrected chi connectivity index (χ1v) is 10.2. The van der Waals surface area contributed by atoms with Crippen LogP contribution in [0.5, 0.6) is 5.75 Å². The average Bonchev–Trinajstić information content (AvgIpc) is 2.95. The molecule has 0 atom stereocenters. The van der Waals surface area contributed by atoms with Gasteiger partial charge >= 0.3 is 0 Å². The number of rotatable bonds is 8. The van der Waals surface area contributed by atoms with Gasteiger partial charge in [0.2, 0.25) is 11.8 Å². The first kappa shape index (κ1) is 20.0. The van der Waals surface area contributed by atoms with E-state index in [-0.39, 0.29) is 5.75 Å². The molecule has 7 nitrogen and oxygen atoms in total. The number of aryl methyl sites for hydroxylation is 1. The summed E-state index contributed by atoms with van der Waals surface area (Å²) in [4.78, 5) is 17.9. The predicted molar refractivity (Wildman–Crippen MR) is 98.6 cm³/mol. The molecule has 0 N–H and O–H groups in total. The number of nitrogens with zero attached hydrogens (tertiary/aromatic N) is 2. The number of carbonyl (C=O) groups excluding carboxylic acids is 1. The van der Waals surface area contributed by atoms with E-state index in [1.807, 2.05) is 13.8 Å². The fourth-order valence-electron chi connectivity index (χ4n) is 2.56. The molecule has 1 aromatic carbocycles. The number of amides is 1. The van der Waals surface area contributed by atoms with Crippen LogP contribution < -0.4 is 4.74 Å². The lowest BCUT2D eigenvalue weighted by atomic mass is 10.2. The van der Waals surface area contributed by atoms with Crippen LogP contribution in [0.1, 0.15) is 25.3 Å². The standard InChI is InChI=1S/C18H24N2O5S/c1-5-20(6-2)17(21)12-26(22,23)11-16-13(3)25-18(19-16)14-8-7-9-15(10-14)24-4/h7-10H,5-6,11-12H2,1-4H3. The summed E-state index contributed by atoms with van der Waals surface area (Å²) in [7, 11) is -2.08. The Kier molecular flexibility index (Phi) is 6.42. The van der Waals surface area contributed by atoms with Gasteiger partial charge in [0.25, 0.3) is 0 Å². The minimum atomic E-state index is -3.64. The second kappa shape index (κ2) is 8.35. The van der Waals surface area contributed by atoms with Gasteiger partial charge in [-0.25, -0.2) is 13.4 Å². The zero-order valence-electron chi connectivity index (χ0n) is 15.5. The van der Waals surface area contributed by atoms with Crippen molar-refractivity contribution >= 4 is 15.7 Å². The maximum Gasteiger partial charge on any atom is 0.237 e. The smallest absolute Gasteiger partial charge is 0.237 e. The van der Waals surface area contributed by atoms with Gasteiger partial charge in [-0.05, 0) is 39.0 Å². The van der Waals surface area contributed by atoms with E-state index in [1.165, 1.54) is 4.90 Å². The van der Waals surface area contributed by atoms with Gasteiger partial charge in [-0.1, -0.05) is 6.07 Å². The number of sulfone groups is 1. The highest BCUT2D eigenvalue weighted by Crippen LogP contribution is 2.26. The molecule has 0 unspecified atom stereocenters. The maximum absolute atomic E-state index is 12.4. The number of benzene rings is 1. The third-order valence-corrected chi connectivity index (χ3v) is 5.43. The zero-order valence-corrected chi connectivity index (χ0v) is 16.3. The van der Waals surface area contributed by atoms with Gasteiger partial charge in [0, 0.05) is 18.7 Å².